The first-order valence-electron chi connectivity index (χ1n) is 4.74. The summed E-state index contributed by atoms with van der Waals surface area (Å²) in [4.78, 5) is 0. The van der Waals surface area contributed by atoms with Crippen LogP contribution < -0.4 is 0 Å². The molecule has 0 aliphatic heterocycles. The average Bonchev–Trinajstić information content (AvgIpc) is 2.10. The Balaban J connectivity index is 3.75. The van der Waals surface area contributed by atoms with Gasteiger partial charge in [0.1, 0.15) is 0 Å². The number of allylic oxidation sites excluding steroid dienone is 2. The third-order valence-electron chi connectivity index (χ3n) is 1.82. The lowest BCUT2D eigenvalue weighted by atomic mass is 10.0. The van der Waals surface area contributed by atoms with E-state index in [1.807, 2.05) is 6.08 Å². The van der Waals surface area contributed by atoms with E-state index in [1.165, 1.54) is 18.4 Å². The minimum atomic E-state index is 0.257. The summed E-state index contributed by atoms with van der Waals surface area (Å²) < 4.78 is 0. The average molecular weight is 168 g/mol. The Kier molecular flexibility index (Phi) is 8.14. The van der Waals surface area contributed by atoms with Crippen molar-refractivity contribution in [2.75, 3.05) is 6.61 Å². The van der Waals surface area contributed by atoms with Crippen LogP contribution in [0.5, 0.6) is 0 Å². The van der Waals surface area contributed by atoms with Crippen LogP contribution in [0.15, 0.2) is 24.3 Å². The van der Waals surface area contributed by atoms with E-state index in [2.05, 4.69) is 19.6 Å². The van der Waals surface area contributed by atoms with Gasteiger partial charge in [0, 0.05) is 6.61 Å². The van der Waals surface area contributed by atoms with Crippen LogP contribution in [0.1, 0.15) is 39.0 Å². The Labute approximate surface area is 75.8 Å². The smallest absolute Gasteiger partial charge is 0.0465 e. The molecule has 0 fully saturated rings. The van der Waals surface area contributed by atoms with Crippen LogP contribution in [0.3, 0.4) is 0 Å². The summed E-state index contributed by atoms with van der Waals surface area (Å²) in [5, 5.41) is 8.64. The van der Waals surface area contributed by atoms with E-state index < -0.39 is 0 Å². The van der Waals surface area contributed by atoms with Crippen LogP contribution in [-0.2, 0) is 0 Å². The normalized spacial score (nSPS) is 11.7. The van der Waals surface area contributed by atoms with Crippen LogP contribution in [0.25, 0.3) is 0 Å². The maximum absolute atomic E-state index is 8.64. The van der Waals surface area contributed by atoms with Crippen LogP contribution in [-0.4, -0.2) is 11.7 Å². The molecule has 0 spiro atoms. The molecule has 0 unspecified atom stereocenters. The summed E-state index contributed by atoms with van der Waals surface area (Å²) >= 11 is 0. The van der Waals surface area contributed by atoms with Crippen molar-refractivity contribution >= 4 is 0 Å². The predicted octanol–water partition coefficient (Wildman–Crippen LogP) is 3.06. The summed E-state index contributed by atoms with van der Waals surface area (Å²) in [5.74, 6) is 0. The van der Waals surface area contributed by atoms with Gasteiger partial charge in [0.05, 0.1) is 0 Å². The number of hydrogen-bond acceptors (Lipinski definition) is 1. The summed E-state index contributed by atoms with van der Waals surface area (Å²) in [6.45, 7) is 6.16. The van der Waals surface area contributed by atoms with Crippen LogP contribution in [0.2, 0.25) is 0 Å². The van der Waals surface area contributed by atoms with Crippen molar-refractivity contribution in [2.45, 2.75) is 39.0 Å². The molecule has 1 N–H and O–H groups in total. The number of aliphatic hydroxyl groups excluding tert-OH is 1. The zero-order chi connectivity index (χ0) is 9.23. The molecule has 0 atom stereocenters. The van der Waals surface area contributed by atoms with Crippen molar-refractivity contribution in [2.24, 2.45) is 0 Å². The van der Waals surface area contributed by atoms with Gasteiger partial charge in [0.2, 0.25) is 0 Å². The summed E-state index contributed by atoms with van der Waals surface area (Å²) in [7, 11) is 0. The van der Waals surface area contributed by atoms with Gasteiger partial charge in [0.15, 0.2) is 0 Å². The third-order valence-corrected chi connectivity index (χ3v) is 1.82. The van der Waals surface area contributed by atoms with Crippen LogP contribution in [0.4, 0.5) is 0 Å². The number of hydrogen-bond donors (Lipinski definition) is 1. The van der Waals surface area contributed by atoms with E-state index in [0.717, 1.165) is 19.3 Å². The molecule has 12 heavy (non-hydrogen) atoms. The van der Waals surface area contributed by atoms with Gasteiger partial charge in [-0.2, -0.15) is 0 Å². The lowest BCUT2D eigenvalue weighted by Crippen LogP contribution is -1.85. The molecule has 0 radical (unpaired) electrons. The van der Waals surface area contributed by atoms with Gasteiger partial charge in [-0.25, -0.2) is 0 Å². The zero-order valence-electron chi connectivity index (χ0n) is 8.05. The van der Waals surface area contributed by atoms with Gasteiger partial charge in [-0.3, -0.25) is 0 Å². The highest BCUT2D eigenvalue weighted by Gasteiger charge is 1.93. The Hall–Kier alpha value is -0.560. The monoisotopic (exact) mass is 168 g/mol. The van der Waals surface area contributed by atoms with Gasteiger partial charge in [-0.15, -0.1) is 6.58 Å². The number of aliphatic hydroxyl groups is 1. The first kappa shape index (κ1) is 11.4. The molecule has 0 aromatic heterocycles. The topological polar surface area (TPSA) is 20.2 Å². The molecule has 0 aromatic carbocycles. The molecule has 0 aliphatic carbocycles. The summed E-state index contributed by atoms with van der Waals surface area (Å²) in [6, 6.07) is 0. The number of unbranched alkanes of at least 4 members (excludes halogenated alkanes) is 1. The molecule has 0 saturated carbocycles. The van der Waals surface area contributed by atoms with Crippen molar-refractivity contribution in [1.82, 2.24) is 0 Å². The van der Waals surface area contributed by atoms with Gasteiger partial charge in [-0.05, 0) is 25.7 Å². The first-order chi connectivity index (χ1) is 5.85. The quantitative estimate of drug-likeness (QED) is 0.579. The molecule has 1 heteroatoms. The van der Waals surface area contributed by atoms with E-state index in [0.29, 0.717) is 0 Å². The minimum absolute atomic E-state index is 0.257. The van der Waals surface area contributed by atoms with Crippen molar-refractivity contribution in [1.29, 1.82) is 0 Å². The van der Waals surface area contributed by atoms with Crippen LogP contribution >= 0.6 is 0 Å². The second-order valence-corrected chi connectivity index (χ2v) is 2.97. The SMILES string of the molecule is C=CC/C(=C\CCO)CCCC. The van der Waals surface area contributed by atoms with Crippen molar-refractivity contribution < 1.29 is 5.11 Å². The maximum atomic E-state index is 8.64. The fraction of sp³-hybridized carbons (Fsp3) is 0.636. The highest BCUT2D eigenvalue weighted by Crippen LogP contribution is 2.12. The van der Waals surface area contributed by atoms with E-state index >= 15 is 0 Å². The summed E-state index contributed by atoms with van der Waals surface area (Å²) in [6.07, 6.45) is 9.45. The second-order valence-electron chi connectivity index (χ2n) is 2.97. The molecular weight excluding hydrogens is 148 g/mol. The van der Waals surface area contributed by atoms with Crippen molar-refractivity contribution in [3.63, 3.8) is 0 Å². The molecule has 1 nitrogen and oxygen atoms in total. The Morgan fingerprint density at radius 1 is 1.50 bits per heavy atom. The molecule has 0 aromatic rings. The third kappa shape index (κ3) is 6.17. The van der Waals surface area contributed by atoms with Crippen LogP contribution in [0, 0.1) is 0 Å². The largest absolute Gasteiger partial charge is 0.396 e. The lowest BCUT2D eigenvalue weighted by Gasteiger charge is -2.02. The van der Waals surface area contributed by atoms with E-state index in [1.54, 1.807) is 0 Å². The molecule has 70 valence electrons. The summed E-state index contributed by atoms with van der Waals surface area (Å²) in [5.41, 5.74) is 1.42. The molecule has 0 rings (SSSR count). The molecule has 0 bridgehead atoms. The molecule has 0 saturated heterocycles. The fourth-order valence-electron chi connectivity index (χ4n) is 1.15. The minimum Gasteiger partial charge on any atom is -0.396 e. The Morgan fingerprint density at radius 3 is 2.75 bits per heavy atom. The Bertz CT molecular complexity index is 136. The van der Waals surface area contributed by atoms with E-state index in [4.69, 9.17) is 5.11 Å². The van der Waals surface area contributed by atoms with Gasteiger partial charge < -0.3 is 5.11 Å². The van der Waals surface area contributed by atoms with Crippen molar-refractivity contribution in [3.05, 3.63) is 24.3 Å². The van der Waals surface area contributed by atoms with E-state index in [9.17, 15) is 0 Å². The van der Waals surface area contributed by atoms with Gasteiger partial charge in [-0.1, -0.05) is 31.1 Å². The van der Waals surface area contributed by atoms with Crippen molar-refractivity contribution in [3.8, 4) is 0 Å². The molecule has 0 heterocycles. The fourth-order valence-corrected chi connectivity index (χ4v) is 1.15. The van der Waals surface area contributed by atoms with Gasteiger partial charge >= 0.3 is 0 Å². The van der Waals surface area contributed by atoms with E-state index in [-0.39, 0.29) is 6.61 Å². The first-order valence-corrected chi connectivity index (χ1v) is 4.74. The molecule has 0 amide bonds. The number of rotatable bonds is 7. The predicted molar refractivity (Wildman–Crippen MR) is 54.1 cm³/mol. The molecule has 0 aliphatic rings. The lowest BCUT2D eigenvalue weighted by molar-refractivity contribution is 0.302. The standard InChI is InChI=1S/C11H20O/c1-3-5-8-11(7-4-2)9-6-10-12/h4,9,12H,2-3,5-8,10H2,1H3/b11-9+. The van der Waals surface area contributed by atoms with Gasteiger partial charge in [0.25, 0.3) is 0 Å². The second kappa shape index (κ2) is 8.54. The highest BCUT2D eigenvalue weighted by molar-refractivity contribution is 5.06. The molecular formula is C11H20O. The zero-order valence-corrected chi connectivity index (χ0v) is 8.05. The highest BCUT2D eigenvalue weighted by atomic mass is 16.2. The Morgan fingerprint density at radius 2 is 2.25 bits per heavy atom. The maximum Gasteiger partial charge on any atom is 0.0465 e.